The number of hydrogen-bond acceptors (Lipinski definition) is 4. The van der Waals surface area contributed by atoms with Crippen LogP contribution in [-0.2, 0) is 4.74 Å². The van der Waals surface area contributed by atoms with E-state index in [4.69, 9.17) is 22.7 Å². The fraction of sp³-hybridized carbons (Fsp3) is 0.500. The quantitative estimate of drug-likeness (QED) is 0.794. The van der Waals surface area contributed by atoms with Crippen LogP contribution in [0.3, 0.4) is 0 Å². The fourth-order valence-electron chi connectivity index (χ4n) is 2.63. The Labute approximate surface area is 106 Å². The average Bonchev–Trinajstić information content (AvgIpc) is 2.91. The van der Waals surface area contributed by atoms with Gasteiger partial charge in [-0.15, -0.1) is 0 Å². The molecule has 1 aromatic heterocycles. The molecule has 3 heterocycles. The van der Waals surface area contributed by atoms with Crippen molar-refractivity contribution in [3.05, 3.63) is 23.9 Å². The number of nitrogens with two attached hydrogens (primary N) is 1. The number of fused-ring (bicyclic) bond motifs is 2. The SMILES string of the molecule is NC(=S)c1cccc(NC2CC3CCC2O3)n1. The Bertz CT molecular complexity index is 451. The first-order valence-corrected chi connectivity index (χ1v) is 6.32. The molecule has 17 heavy (non-hydrogen) atoms. The predicted molar refractivity (Wildman–Crippen MR) is 70.0 cm³/mol. The molecule has 2 bridgehead atoms. The van der Waals surface area contributed by atoms with Gasteiger partial charge in [0, 0.05) is 0 Å². The van der Waals surface area contributed by atoms with Gasteiger partial charge in [0.1, 0.15) is 10.8 Å². The van der Waals surface area contributed by atoms with Gasteiger partial charge in [-0.1, -0.05) is 18.3 Å². The minimum atomic E-state index is 0.331. The smallest absolute Gasteiger partial charge is 0.127 e. The number of ether oxygens (including phenoxy) is 1. The van der Waals surface area contributed by atoms with E-state index in [9.17, 15) is 0 Å². The first kappa shape index (κ1) is 10.9. The maximum absolute atomic E-state index is 5.79. The largest absolute Gasteiger partial charge is 0.388 e. The highest BCUT2D eigenvalue weighted by Crippen LogP contribution is 2.35. The molecule has 2 saturated heterocycles. The first-order chi connectivity index (χ1) is 8.22. The number of nitrogens with one attached hydrogen (secondary N) is 1. The molecule has 0 spiro atoms. The Hall–Kier alpha value is -1.20. The van der Waals surface area contributed by atoms with Crippen molar-refractivity contribution in [2.24, 2.45) is 5.73 Å². The number of pyridine rings is 1. The van der Waals surface area contributed by atoms with Gasteiger partial charge in [0.15, 0.2) is 0 Å². The third-order valence-corrected chi connectivity index (χ3v) is 3.65. The molecule has 2 aliphatic heterocycles. The van der Waals surface area contributed by atoms with Gasteiger partial charge in [-0.2, -0.15) is 0 Å². The molecule has 2 fully saturated rings. The van der Waals surface area contributed by atoms with Crippen molar-refractivity contribution in [2.75, 3.05) is 5.32 Å². The van der Waals surface area contributed by atoms with Gasteiger partial charge in [0.25, 0.3) is 0 Å². The van der Waals surface area contributed by atoms with Gasteiger partial charge < -0.3 is 15.8 Å². The zero-order valence-electron chi connectivity index (χ0n) is 9.43. The third-order valence-electron chi connectivity index (χ3n) is 3.44. The Balaban J connectivity index is 1.73. The average molecular weight is 249 g/mol. The van der Waals surface area contributed by atoms with Crippen LogP contribution in [0.2, 0.25) is 0 Å². The number of nitrogens with zero attached hydrogens (tertiary/aromatic N) is 1. The Morgan fingerprint density at radius 3 is 3.00 bits per heavy atom. The van der Waals surface area contributed by atoms with Crippen LogP contribution >= 0.6 is 12.2 Å². The second-order valence-electron chi connectivity index (χ2n) is 4.63. The van der Waals surface area contributed by atoms with Crippen LogP contribution in [0, 0.1) is 0 Å². The highest BCUT2D eigenvalue weighted by molar-refractivity contribution is 7.80. The monoisotopic (exact) mass is 249 g/mol. The third kappa shape index (κ3) is 2.12. The number of thiocarbonyl (C=S) groups is 1. The molecule has 0 amide bonds. The molecule has 3 atom stereocenters. The zero-order valence-corrected chi connectivity index (χ0v) is 10.2. The topological polar surface area (TPSA) is 60.2 Å². The minimum absolute atomic E-state index is 0.331. The van der Waals surface area contributed by atoms with Crippen LogP contribution < -0.4 is 11.1 Å². The number of aromatic nitrogens is 1. The molecule has 4 nitrogen and oxygen atoms in total. The first-order valence-electron chi connectivity index (χ1n) is 5.91. The highest BCUT2D eigenvalue weighted by atomic mass is 32.1. The van der Waals surface area contributed by atoms with Gasteiger partial charge >= 0.3 is 0 Å². The van der Waals surface area contributed by atoms with Gasteiger partial charge in [0.05, 0.1) is 23.9 Å². The van der Waals surface area contributed by atoms with E-state index in [1.807, 2.05) is 18.2 Å². The normalized spacial score (nSPS) is 30.5. The lowest BCUT2D eigenvalue weighted by atomic mass is 9.95. The van der Waals surface area contributed by atoms with Crippen LogP contribution in [0.5, 0.6) is 0 Å². The summed E-state index contributed by atoms with van der Waals surface area (Å²) in [4.78, 5) is 4.72. The summed E-state index contributed by atoms with van der Waals surface area (Å²) in [5, 5.41) is 3.42. The van der Waals surface area contributed by atoms with E-state index in [2.05, 4.69) is 10.3 Å². The second kappa shape index (κ2) is 4.23. The van der Waals surface area contributed by atoms with Gasteiger partial charge in [-0.3, -0.25) is 0 Å². The molecule has 90 valence electrons. The lowest BCUT2D eigenvalue weighted by molar-refractivity contribution is 0.102. The summed E-state index contributed by atoms with van der Waals surface area (Å²) in [6, 6.07) is 6.05. The van der Waals surface area contributed by atoms with Crippen molar-refractivity contribution in [1.82, 2.24) is 4.98 Å². The van der Waals surface area contributed by atoms with E-state index in [0.717, 1.165) is 18.7 Å². The Kier molecular flexibility index (Phi) is 2.72. The number of hydrogen-bond donors (Lipinski definition) is 2. The molecule has 3 rings (SSSR count). The summed E-state index contributed by atoms with van der Waals surface area (Å²) < 4.78 is 5.79. The lowest BCUT2D eigenvalue weighted by Crippen LogP contribution is -2.31. The molecule has 0 aromatic carbocycles. The van der Waals surface area contributed by atoms with Crippen molar-refractivity contribution in [2.45, 2.75) is 37.5 Å². The fourth-order valence-corrected chi connectivity index (χ4v) is 2.75. The van der Waals surface area contributed by atoms with Gasteiger partial charge in [-0.25, -0.2) is 4.98 Å². The van der Waals surface area contributed by atoms with Crippen molar-refractivity contribution in [3.8, 4) is 0 Å². The van der Waals surface area contributed by atoms with Crippen molar-refractivity contribution in [1.29, 1.82) is 0 Å². The molecular formula is C12H15N3OS. The molecule has 1 aromatic rings. The molecule has 2 aliphatic rings. The minimum Gasteiger partial charge on any atom is -0.388 e. The van der Waals surface area contributed by atoms with Crippen molar-refractivity contribution >= 4 is 23.0 Å². The summed E-state index contributed by atoms with van der Waals surface area (Å²) >= 11 is 4.92. The molecule has 3 unspecified atom stereocenters. The Morgan fingerprint density at radius 2 is 2.35 bits per heavy atom. The zero-order chi connectivity index (χ0) is 11.8. The predicted octanol–water partition coefficient (Wildman–Crippen LogP) is 1.45. The van der Waals surface area contributed by atoms with Crippen LogP contribution in [0.4, 0.5) is 5.82 Å². The maximum Gasteiger partial charge on any atom is 0.127 e. The van der Waals surface area contributed by atoms with Gasteiger partial charge in [-0.05, 0) is 31.4 Å². The standard InChI is InChI=1S/C12H15N3OS/c13-12(17)8-2-1-3-11(14-8)15-9-6-7-4-5-10(9)16-7/h1-3,7,9-10H,4-6H2,(H2,13,17)(H,14,15). The van der Waals surface area contributed by atoms with Crippen LogP contribution in [-0.4, -0.2) is 28.2 Å². The van der Waals surface area contributed by atoms with E-state index in [1.54, 1.807) is 0 Å². The molecular weight excluding hydrogens is 234 g/mol. The van der Waals surface area contributed by atoms with E-state index in [0.29, 0.717) is 28.9 Å². The molecule has 0 saturated carbocycles. The molecule has 0 radical (unpaired) electrons. The summed E-state index contributed by atoms with van der Waals surface area (Å²) in [7, 11) is 0. The number of anilines is 1. The summed E-state index contributed by atoms with van der Waals surface area (Å²) in [5.41, 5.74) is 6.23. The second-order valence-corrected chi connectivity index (χ2v) is 5.07. The summed E-state index contributed by atoms with van der Waals surface area (Å²) in [6.07, 6.45) is 4.20. The molecule has 0 aliphatic carbocycles. The van der Waals surface area contributed by atoms with Gasteiger partial charge in [0.2, 0.25) is 0 Å². The molecule has 5 heteroatoms. The van der Waals surface area contributed by atoms with E-state index >= 15 is 0 Å². The maximum atomic E-state index is 5.79. The van der Waals surface area contributed by atoms with E-state index in [-0.39, 0.29) is 0 Å². The summed E-state index contributed by atoms with van der Waals surface area (Å²) in [5.74, 6) is 0.830. The van der Waals surface area contributed by atoms with Crippen molar-refractivity contribution in [3.63, 3.8) is 0 Å². The summed E-state index contributed by atoms with van der Waals surface area (Å²) in [6.45, 7) is 0. The highest BCUT2D eigenvalue weighted by Gasteiger charge is 2.40. The lowest BCUT2D eigenvalue weighted by Gasteiger charge is -2.20. The Morgan fingerprint density at radius 1 is 1.47 bits per heavy atom. The van der Waals surface area contributed by atoms with E-state index < -0.39 is 0 Å². The van der Waals surface area contributed by atoms with Crippen LogP contribution in [0.1, 0.15) is 25.0 Å². The van der Waals surface area contributed by atoms with E-state index in [1.165, 1.54) is 6.42 Å². The molecule has 3 N–H and O–H groups in total. The van der Waals surface area contributed by atoms with Crippen LogP contribution in [0.15, 0.2) is 18.2 Å². The van der Waals surface area contributed by atoms with Crippen LogP contribution in [0.25, 0.3) is 0 Å². The van der Waals surface area contributed by atoms with Crippen molar-refractivity contribution < 1.29 is 4.74 Å². The number of rotatable bonds is 3.